The van der Waals surface area contributed by atoms with Gasteiger partial charge in [0.05, 0.1) is 5.69 Å². The zero-order valence-electron chi connectivity index (χ0n) is 12.4. The molecule has 0 spiro atoms. The van der Waals surface area contributed by atoms with Gasteiger partial charge in [-0.05, 0) is 26.0 Å². The molecule has 1 heterocycles. The molecule has 0 bridgehead atoms. The van der Waals surface area contributed by atoms with Gasteiger partial charge >= 0.3 is 0 Å². The molecule has 2 rings (SSSR count). The maximum absolute atomic E-state index is 12.2. The van der Waals surface area contributed by atoms with E-state index >= 15 is 0 Å². The van der Waals surface area contributed by atoms with Crippen LogP contribution < -0.4 is 5.32 Å². The van der Waals surface area contributed by atoms with Gasteiger partial charge in [0.2, 0.25) is 0 Å². The van der Waals surface area contributed by atoms with Crippen molar-refractivity contribution < 1.29 is 9.59 Å². The Kier molecular flexibility index (Phi) is 4.37. The summed E-state index contributed by atoms with van der Waals surface area (Å²) in [7, 11) is 3.37. The van der Waals surface area contributed by atoms with E-state index < -0.39 is 0 Å². The minimum atomic E-state index is -0.226. The highest BCUT2D eigenvalue weighted by Crippen LogP contribution is 2.24. The van der Waals surface area contributed by atoms with Crippen molar-refractivity contribution >= 4 is 28.3 Å². The Balaban J connectivity index is 2.19. The number of anilines is 1. The van der Waals surface area contributed by atoms with E-state index in [1.54, 1.807) is 27.1 Å². The van der Waals surface area contributed by atoms with Crippen LogP contribution in [0.4, 0.5) is 5.13 Å². The predicted octanol–water partition coefficient (Wildman–Crippen LogP) is 2.71. The second kappa shape index (κ2) is 6.05. The van der Waals surface area contributed by atoms with Crippen LogP contribution in [-0.4, -0.2) is 35.8 Å². The molecular weight excluding hydrogens is 286 g/mol. The molecule has 0 aliphatic rings. The van der Waals surface area contributed by atoms with Gasteiger partial charge in [-0.1, -0.05) is 29.0 Å². The van der Waals surface area contributed by atoms with Gasteiger partial charge < -0.3 is 4.90 Å². The third-order valence-corrected chi connectivity index (χ3v) is 3.96. The molecule has 0 unspecified atom stereocenters. The maximum atomic E-state index is 12.2. The number of rotatable bonds is 3. The Bertz CT molecular complexity index is 692. The van der Waals surface area contributed by atoms with Crippen LogP contribution in [0, 0.1) is 13.8 Å². The van der Waals surface area contributed by atoms with Gasteiger partial charge in [0.15, 0.2) is 5.13 Å². The summed E-state index contributed by atoms with van der Waals surface area (Å²) in [5, 5.41) is 3.17. The first-order valence-corrected chi connectivity index (χ1v) is 7.27. The van der Waals surface area contributed by atoms with Gasteiger partial charge in [-0.25, -0.2) is 4.98 Å². The third kappa shape index (κ3) is 3.46. The number of thiazole rings is 1. The Labute approximate surface area is 127 Å². The van der Waals surface area contributed by atoms with Crippen LogP contribution in [0.15, 0.2) is 24.3 Å². The van der Waals surface area contributed by atoms with Crippen LogP contribution in [0.25, 0.3) is 0 Å². The molecule has 2 amide bonds. The van der Waals surface area contributed by atoms with Gasteiger partial charge in [0.1, 0.15) is 4.88 Å². The zero-order valence-corrected chi connectivity index (χ0v) is 13.2. The second-order valence-corrected chi connectivity index (χ2v) is 5.96. The van der Waals surface area contributed by atoms with Crippen molar-refractivity contribution in [3.63, 3.8) is 0 Å². The van der Waals surface area contributed by atoms with Crippen molar-refractivity contribution in [3.05, 3.63) is 46.0 Å². The van der Waals surface area contributed by atoms with Crippen LogP contribution in [-0.2, 0) is 0 Å². The van der Waals surface area contributed by atoms with E-state index in [1.807, 2.05) is 25.1 Å². The normalized spacial score (nSPS) is 10.3. The number of hydrogen-bond acceptors (Lipinski definition) is 4. The highest BCUT2D eigenvalue weighted by Gasteiger charge is 2.18. The van der Waals surface area contributed by atoms with Crippen LogP contribution >= 0.6 is 11.3 Å². The van der Waals surface area contributed by atoms with Crippen molar-refractivity contribution in [1.82, 2.24) is 9.88 Å². The van der Waals surface area contributed by atoms with E-state index in [0.717, 1.165) is 5.56 Å². The minimum Gasteiger partial charge on any atom is -0.344 e. The molecule has 0 aliphatic carbocycles. The highest BCUT2D eigenvalue weighted by molar-refractivity contribution is 7.17. The fourth-order valence-corrected chi connectivity index (χ4v) is 2.79. The number of carbonyl (C=O) groups excluding carboxylic acids is 2. The van der Waals surface area contributed by atoms with Crippen LogP contribution in [0.1, 0.15) is 31.3 Å². The van der Waals surface area contributed by atoms with Gasteiger partial charge in [-0.3, -0.25) is 14.9 Å². The van der Waals surface area contributed by atoms with E-state index in [4.69, 9.17) is 0 Å². The first kappa shape index (κ1) is 15.2. The summed E-state index contributed by atoms with van der Waals surface area (Å²) in [4.78, 5) is 30.4. The number of amides is 2. The molecule has 0 fully saturated rings. The molecule has 0 saturated carbocycles. The summed E-state index contributed by atoms with van der Waals surface area (Å²) >= 11 is 1.19. The number of hydrogen-bond donors (Lipinski definition) is 1. The number of aryl methyl sites for hydroxylation is 2. The SMILES string of the molecule is Cc1cccc(C(=O)Nc2nc(C)c(C(=O)N(C)C)s2)c1. The van der Waals surface area contributed by atoms with Crippen LogP contribution in [0.5, 0.6) is 0 Å². The first-order chi connectivity index (χ1) is 9.88. The molecule has 1 aromatic heterocycles. The number of carbonyl (C=O) groups is 2. The Hall–Kier alpha value is -2.21. The van der Waals surface area contributed by atoms with Crippen LogP contribution in [0.3, 0.4) is 0 Å². The summed E-state index contributed by atoms with van der Waals surface area (Å²) in [6, 6.07) is 7.31. The summed E-state index contributed by atoms with van der Waals surface area (Å²) in [6.45, 7) is 3.69. The van der Waals surface area contributed by atoms with Gasteiger partial charge in [-0.15, -0.1) is 0 Å². The topological polar surface area (TPSA) is 62.3 Å². The lowest BCUT2D eigenvalue weighted by molar-refractivity contribution is 0.0831. The quantitative estimate of drug-likeness (QED) is 0.948. The summed E-state index contributed by atoms with van der Waals surface area (Å²) in [5.74, 6) is -0.336. The number of benzene rings is 1. The van der Waals surface area contributed by atoms with Gasteiger partial charge in [0.25, 0.3) is 11.8 Å². The molecule has 1 aromatic carbocycles. The molecular formula is C15H17N3O2S. The van der Waals surface area contributed by atoms with Crippen molar-refractivity contribution in [3.8, 4) is 0 Å². The molecule has 0 radical (unpaired) electrons. The van der Waals surface area contributed by atoms with Crippen LogP contribution in [0.2, 0.25) is 0 Å². The smallest absolute Gasteiger partial charge is 0.265 e. The van der Waals surface area contributed by atoms with E-state index in [-0.39, 0.29) is 11.8 Å². The largest absolute Gasteiger partial charge is 0.344 e. The molecule has 6 heteroatoms. The molecule has 0 atom stereocenters. The molecule has 0 saturated heterocycles. The lowest BCUT2D eigenvalue weighted by atomic mass is 10.1. The predicted molar refractivity (Wildman–Crippen MR) is 84.0 cm³/mol. The van der Waals surface area contributed by atoms with Crippen molar-refractivity contribution in [2.45, 2.75) is 13.8 Å². The molecule has 21 heavy (non-hydrogen) atoms. The van der Waals surface area contributed by atoms with E-state index in [0.29, 0.717) is 21.3 Å². The minimum absolute atomic E-state index is 0.110. The zero-order chi connectivity index (χ0) is 15.6. The Morgan fingerprint density at radius 3 is 2.57 bits per heavy atom. The average Bonchev–Trinajstić information content (AvgIpc) is 2.78. The number of aromatic nitrogens is 1. The van der Waals surface area contributed by atoms with Crippen molar-refractivity contribution in [1.29, 1.82) is 0 Å². The highest BCUT2D eigenvalue weighted by atomic mass is 32.1. The Morgan fingerprint density at radius 2 is 1.95 bits per heavy atom. The number of nitrogens with one attached hydrogen (secondary N) is 1. The summed E-state index contributed by atoms with van der Waals surface area (Å²) in [5.41, 5.74) is 2.21. The van der Waals surface area contributed by atoms with E-state index in [2.05, 4.69) is 10.3 Å². The molecule has 1 N–H and O–H groups in total. The van der Waals surface area contributed by atoms with E-state index in [9.17, 15) is 9.59 Å². The average molecular weight is 303 g/mol. The lowest BCUT2D eigenvalue weighted by Gasteiger charge is -2.07. The molecule has 2 aromatic rings. The Morgan fingerprint density at radius 1 is 1.24 bits per heavy atom. The third-order valence-electron chi connectivity index (χ3n) is 2.90. The molecule has 5 nitrogen and oxygen atoms in total. The number of nitrogens with zero attached hydrogens (tertiary/aromatic N) is 2. The second-order valence-electron chi connectivity index (χ2n) is 4.96. The summed E-state index contributed by atoms with van der Waals surface area (Å²) < 4.78 is 0. The van der Waals surface area contributed by atoms with E-state index in [1.165, 1.54) is 16.2 Å². The standard InChI is InChI=1S/C15H17N3O2S/c1-9-6-5-7-11(8-9)13(19)17-15-16-10(2)12(21-15)14(20)18(3)4/h5-8H,1-4H3,(H,16,17,19). The molecule has 0 aliphatic heterocycles. The monoisotopic (exact) mass is 303 g/mol. The van der Waals surface area contributed by atoms with Crippen molar-refractivity contribution in [2.75, 3.05) is 19.4 Å². The fourth-order valence-electron chi connectivity index (χ4n) is 1.81. The fraction of sp³-hybridized carbons (Fsp3) is 0.267. The maximum Gasteiger partial charge on any atom is 0.265 e. The van der Waals surface area contributed by atoms with Crippen molar-refractivity contribution in [2.24, 2.45) is 0 Å². The van der Waals surface area contributed by atoms with Gasteiger partial charge in [0, 0.05) is 19.7 Å². The summed E-state index contributed by atoms with van der Waals surface area (Å²) in [6.07, 6.45) is 0. The molecule has 110 valence electrons. The van der Waals surface area contributed by atoms with Gasteiger partial charge in [-0.2, -0.15) is 0 Å². The lowest BCUT2D eigenvalue weighted by Crippen LogP contribution is -2.21. The first-order valence-electron chi connectivity index (χ1n) is 6.45.